The number of carbonyl (C=O) groups is 1. The first-order valence-corrected chi connectivity index (χ1v) is 10.4. The molecule has 2 aromatic heterocycles. The quantitative estimate of drug-likeness (QED) is 0.493. The highest BCUT2D eigenvalue weighted by Crippen LogP contribution is 2.36. The second kappa shape index (κ2) is 7.75. The summed E-state index contributed by atoms with van der Waals surface area (Å²) in [5, 5.41) is 0. The van der Waals surface area contributed by atoms with Gasteiger partial charge < -0.3 is 14.1 Å². The molecule has 1 aliphatic heterocycles. The predicted octanol–water partition coefficient (Wildman–Crippen LogP) is 5.73. The molecule has 4 rings (SSSR count). The molecule has 0 spiro atoms. The summed E-state index contributed by atoms with van der Waals surface area (Å²) in [7, 11) is 0. The lowest BCUT2D eigenvalue weighted by molar-refractivity contribution is 0.0231. The Kier molecular flexibility index (Phi) is 5.27. The Balaban J connectivity index is 1.57. The number of oxazole rings is 1. The maximum Gasteiger partial charge on any atom is 0.411 e. The number of likely N-dealkylation sites (tertiary alicyclic amines) is 1. The molecule has 1 amide bonds. The number of hydrogen-bond acceptors (Lipinski definition) is 5. The zero-order valence-electron chi connectivity index (χ0n) is 17.1. The minimum Gasteiger partial charge on any atom is -0.444 e. The molecule has 0 radical (unpaired) electrons. The monoisotopic (exact) mass is 470 g/mol. The van der Waals surface area contributed by atoms with Gasteiger partial charge in [0.25, 0.3) is 0 Å². The molecule has 1 N–H and O–H groups in total. The molecule has 0 bridgehead atoms. The third-order valence-electron chi connectivity index (χ3n) is 4.72. The summed E-state index contributed by atoms with van der Waals surface area (Å²) in [6, 6.07) is 7.43. The van der Waals surface area contributed by atoms with Crippen molar-refractivity contribution in [3.63, 3.8) is 0 Å². The van der Waals surface area contributed by atoms with E-state index in [1.807, 2.05) is 45.0 Å². The molecule has 0 saturated carbocycles. The normalized spacial score (nSPS) is 16.9. The van der Waals surface area contributed by atoms with E-state index >= 15 is 0 Å². The number of nitrogens with one attached hydrogen (secondary N) is 1. The van der Waals surface area contributed by atoms with Crippen molar-refractivity contribution in [3.8, 4) is 22.9 Å². The zero-order chi connectivity index (χ0) is 21.5. The Labute approximate surface area is 183 Å². The summed E-state index contributed by atoms with van der Waals surface area (Å²) in [5.74, 6) is 1.70. The number of H-pyrrole nitrogens is 1. The lowest BCUT2D eigenvalue weighted by Crippen LogP contribution is -2.36. The van der Waals surface area contributed by atoms with Crippen molar-refractivity contribution < 1.29 is 13.9 Å². The maximum atomic E-state index is 12.6. The maximum absolute atomic E-state index is 12.6. The summed E-state index contributed by atoms with van der Waals surface area (Å²) in [6.07, 6.45) is 3.66. The number of carbonyl (C=O) groups excluding carboxylic acids is 1. The van der Waals surface area contributed by atoms with Crippen molar-refractivity contribution >= 4 is 22.0 Å². The van der Waals surface area contributed by atoms with Crippen LogP contribution in [0.1, 0.15) is 39.1 Å². The topological polar surface area (TPSA) is 84.2 Å². The Morgan fingerprint density at radius 1 is 1.27 bits per heavy atom. The van der Waals surface area contributed by atoms with E-state index in [4.69, 9.17) is 9.15 Å². The SMILES string of the molecule is C=C1CCN(C(=O)OC(C)(C)C)C1c1ncc(-c2ncc(-c3ccc(Br)cc3)o2)[nH]1. The third kappa shape index (κ3) is 4.18. The summed E-state index contributed by atoms with van der Waals surface area (Å²) >= 11 is 3.43. The number of rotatable bonds is 3. The molecule has 1 saturated heterocycles. The number of aromatic nitrogens is 3. The van der Waals surface area contributed by atoms with E-state index in [-0.39, 0.29) is 12.1 Å². The third-order valence-corrected chi connectivity index (χ3v) is 5.25. The highest BCUT2D eigenvalue weighted by Gasteiger charge is 2.37. The number of aromatic amines is 1. The van der Waals surface area contributed by atoms with E-state index in [0.717, 1.165) is 15.6 Å². The number of ether oxygens (including phenoxy) is 1. The van der Waals surface area contributed by atoms with Gasteiger partial charge in [-0.15, -0.1) is 0 Å². The van der Waals surface area contributed by atoms with Gasteiger partial charge in [-0.05, 0) is 44.9 Å². The van der Waals surface area contributed by atoms with Gasteiger partial charge >= 0.3 is 6.09 Å². The van der Waals surface area contributed by atoms with Gasteiger partial charge in [0.15, 0.2) is 5.76 Å². The van der Waals surface area contributed by atoms with Gasteiger partial charge in [-0.25, -0.2) is 14.8 Å². The largest absolute Gasteiger partial charge is 0.444 e. The minimum atomic E-state index is -0.568. The molecule has 7 nitrogen and oxygen atoms in total. The average molecular weight is 471 g/mol. The smallest absolute Gasteiger partial charge is 0.411 e. The lowest BCUT2D eigenvalue weighted by Gasteiger charge is -2.27. The van der Waals surface area contributed by atoms with Crippen LogP contribution < -0.4 is 0 Å². The van der Waals surface area contributed by atoms with Crippen LogP contribution >= 0.6 is 15.9 Å². The van der Waals surface area contributed by atoms with Crippen LogP contribution in [0.25, 0.3) is 22.9 Å². The number of benzene rings is 1. The number of imidazole rings is 1. The first-order chi connectivity index (χ1) is 14.2. The fraction of sp³-hybridized carbons (Fsp3) is 0.318. The van der Waals surface area contributed by atoms with E-state index in [2.05, 4.69) is 37.5 Å². The molecular formula is C22H23BrN4O3. The van der Waals surface area contributed by atoms with Gasteiger partial charge in [0, 0.05) is 16.6 Å². The fourth-order valence-corrected chi connectivity index (χ4v) is 3.60. The van der Waals surface area contributed by atoms with E-state index in [0.29, 0.717) is 36.1 Å². The number of hydrogen-bond donors (Lipinski definition) is 1. The molecule has 1 fully saturated rings. The Morgan fingerprint density at radius 2 is 2.00 bits per heavy atom. The lowest BCUT2D eigenvalue weighted by atomic mass is 10.1. The van der Waals surface area contributed by atoms with Crippen LogP contribution in [-0.2, 0) is 4.74 Å². The number of amides is 1. The van der Waals surface area contributed by atoms with Crippen LogP contribution in [-0.4, -0.2) is 38.1 Å². The van der Waals surface area contributed by atoms with Gasteiger partial charge in [-0.1, -0.05) is 34.6 Å². The Hall–Kier alpha value is -2.87. The van der Waals surface area contributed by atoms with Crippen LogP contribution in [0.4, 0.5) is 4.79 Å². The Bertz CT molecular complexity index is 1080. The van der Waals surface area contributed by atoms with Gasteiger partial charge in [0.05, 0.1) is 12.4 Å². The molecule has 3 aromatic rings. The fourth-order valence-electron chi connectivity index (χ4n) is 3.34. The van der Waals surface area contributed by atoms with Crippen molar-refractivity contribution in [2.75, 3.05) is 6.54 Å². The Morgan fingerprint density at radius 3 is 2.70 bits per heavy atom. The highest BCUT2D eigenvalue weighted by atomic mass is 79.9. The van der Waals surface area contributed by atoms with Gasteiger partial charge in [0.2, 0.25) is 5.89 Å². The molecule has 0 aliphatic carbocycles. The van der Waals surface area contributed by atoms with Gasteiger partial charge in [0.1, 0.15) is 23.2 Å². The molecule has 1 aromatic carbocycles. The van der Waals surface area contributed by atoms with Gasteiger partial charge in [-0.3, -0.25) is 4.90 Å². The summed E-state index contributed by atoms with van der Waals surface area (Å²) in [5.41, 5.74) is 1.90. The molecule has 8 heteroatoms. The van der Waals surface area contributed by atoms with Gasteiger partial charge in [-0.2, -0.15) is 0 Å². The number of halogens is 1. The highest BCUT2D eigenvalue weighted by molar-refractivity contribution is 9.10. The first-order valence-electron chi connectivity index (χ1n) is 9.65. The number of nitrogens with zero attached hydrogens (tertiary/aromatic N) is 3. The first kappa shape index (κ1) is 20.4. The van der Waals surface area contributed by atoms with Crippen molar-refractivity contribution in [1.82, 2.24) is 19.9 Å². The molecular weight excluding hydrogens is 448 g/mol. The molecule has 1 aliphatic rings. The van der Waals surface area contributed by atoms with E-state index < -0.39 is 5.60 Å². The summed E-state index contributed by atoms with van der Waals surface area (Å²) in [6.45, 7) is 10.2. The van der Waals surface area contributed by atoms with E-state index in [1.165, 1.54) is 0 Å². The zero-order valence-corrected chi connectivity index (χ0v) is 18.7. The molecule has 1 unspecified atom stereocenters. The second-order valence-electron chi connectivity index (χ2n) is 8.20. The van der Waals surface area contributed by atoms with Crippen LogP contribution in [0.2, 0.25) is 0 Å². The molecule has 30 heavy (non-hydrogen) atoms. The van der Waals surface area contributed by atoms with E-state index in [9.17, 15) is 4.79 Å². The molecule has 3 heterocycles. The van der Waals surface area contributed by atoms with Crippen LogP contribution in [0, 0.1) is 0 Å². The van der Waals surface area contributed by atoms with Crippen LogP contribution in [0.15, 0.2) is 57.7 Å². The van der Waals surface area contributed by atoms with Crippen molar-refractivity contribution in [2.24, 2.45) is 0 Å². The molecule has 156 valence electrons. The van der Waals surface area contributed by atoms with Crippen LogP contribution in [0.5, 0.6) is 0 Å². The molecule has 1 atom stereocenters. The standard InChI is InChI=1S/C22H23BrN4O3/c1-13-9-10-27(21(28)30-22(2,3)4)18(13)19-24-11-16(26-19)20-25-12-17(29-20)14-5-7-15(23)8-6-14/h5-8,11-12,18H,1,9-10H2,2-4H3,(H,24,26). The average Bonchev–Trinajstić information content (AvgIpc) is 3.39. The summed E-state index contributed by atoms with van der Waals surface area (Å²) in [4.78, 5) is 26.4. The minimum absolute atomic E-state index is 0.366. The second-order valence-corrected chi connectivity index (χ2v) is 9.12. The van der Waals surface area contributed by atoms with Crippen molar-refractivity contribution in [3.05, 3.63) is 59.1 Å². The van der Waals surface area contributed by atoms with Crippen molar-refractivity contribution in [1.29, 1.82) is 0 Å². The van der Waals surface area contributed by atoms with E-state index in [1.54, 1.807) is 17.3 Å². The van der Waals surface area contributed by atoms with Crippen molar-refractivity contribution in [2.45, 2.75) is 38.8 Å². The van der Waals surface area contributed by atoms with Crippen LogP contribution in [0.3, 0.4) is 0 Å². The summed E-state index contributed by atoms with van der Waals surface area (Å²) < 4.78 is 12.5. The predicted molar refractivity (Wildman–Crippen MR) is 117 cm³/mol.